The first-order chi connectivity index (χ1) is 9.27. The minimum atomic E-state index is -0.491. The predicted octanol–water partition coefficient (Wildman–Crippen LogP) is 2.01. The molecular formula is C15H19FN2O. The Morgan fingerprint density at radius 1 is 1.26 bits per heavy atom. The number of hydrogen-bond donors (Lipinski definition) is 1. The fourth-order valence-electron chi connectivity index (χ4n) is 3.45. The minimum Gasteiger partial charge on any atom is -0.317 e. The van der Waals surface area contributed by atoms with Gasteiger partial charge in [0.15, 0.2) is 0 Å². The maximum atomic E-state index is 12.7. The van der Waals surface area contributed by atoms with Crippen LogP contribution in [0.5, 0.6) is 0 Å². The van der Waals surface area contributed by atoms with Gasteiger partial charge in [-0.05, 0) is 37.6 Å². The van der Waals surface area contributed by atoms with Crippen molar-refractivity contribution in [1.29, 1.82) is 0 Å². The number of halogens is 1. The highest BCUT2D eigenvalue weighted by Crippen LogP contribution is 2.45. The first-order valence-corrected chi connectivity index (χ1v) is 6.93. The number of anilines is 1. The lowest BCUT2D eigenvalue weighted by molar-refractivity contribution is -0.120. The van der Waals surface area contributed by atoms with Gasteiger partial charge in [-0.3, -0.25) is 4.79 Å². The summed E-state index contributed by atoms with van der Waals surface area (Å²) in [6, 6.07) is 8.01. The summed E-state index contributed by atoms with van der Waals surface area (Å²) in [5.41, 5.74) is 2.11. The monoisotopic (exact) mass is 262 g/mol. The van der Waals surface area contributed by atoms with Gasteiger partial charge in [-0.2, -0.15) is 0 Å². The van der Waals surface area contributed by atoms with Crippen molar-refractivity contribution in [3.05, 3.63) is 29.8 Å². The van der Waals surface area contributed by atoms with Crippen LogP contribution in [-0.4, -0.2) is 32.2 Å². The molecule has 1 fully saturated rings. The molecule has 0 aromatic heterocycles. The molecule has 1 spiro atoms. The Balaban J connectivity index is 2.06. The Bertz CT molecular complexity index is 483. The number of nitrogens with one attached hydrogen (secondary N) is 1. The molecule has 2 heterocycles. The molecule has 3 nitrogen and oxygen atoms in total. The summed E-state index contributed by atoms with van der Waals surface area (Å²) in [5.74, 6) is 0.0678. The van der Waals surface area contributed by atoms with E-state index < -0.39 is 6.67 Å². The molecule has 1 aromatic rings. The zero-order valence-corrected chi connectivity index (χ0v) is 11.0. The van der Waals surface area contributed by atoms with E-state index in [0.29, 0.717) is 6.42 Å². The quantitative estimate of drug-likeness (QED) is 0.884. The highest BCUT2D eigenvalue weighted by Gasteiger charge is 2.43. The summed E-state index contributed by atoms with van der Waals surface area (Å²) in [6.07, 6.45) is 2.49. The second-order valence-electron chi connectivity index (χ2n) is 5.46. The van der Waals surface area contributed by atoms with E-state index in [0.717, 1.165) is 31.6 Å². The van der Waals surface area contributed by atoms with Gasteiger partial charge in [-0.25, -0.2) is 4.39 Å². The number of fused-ring (bicyclic) bond motifs is 2. The number of rotatable bonds is 2. The molecule has 1 aromatic carbocycles. The maximum Gasteiger partial charge on any atom is 0.227 e. The molecule has 1 amide bonds. The van der Waals surface area contributed by atoms with Gasteiger partial charge in [-0.1, -0.05) is 18.2 Å². The van der Waals surface area contributed by atoms with E-state index in [-0.39, 0.29) is 17.9 Å². The molecule has 0 bridgehead atoms. The van der Waals surface area contributed by atoms with Crippen LogP contribution in [0.25, 0.3) is 0 Å². The van der Waals surface area contributed by atoms with Crippen molar-refractivity contribution in [3.8, 4) is 0 Å². The van der Waals surface area contributed by atoms with Crippen LogP contribution in [0.1, 0.15) is 24.8 Å². The zero-order valence-electron chi connectivity index (χ0n) is 11.0. The number of alkyl halides is 1. The number of amides is 1. The van der Waals surface area contributed by atoms with Crippen LogP contribution in [0.4, 0.5) is 10.1 Å². The van der Waals surface area contributed by atoms with E-state index in [2.05, 4.69) is 11.4 Å². The van der Waals surface area contributed by atoms with Crippen molar-refractivity contribution in [1.82, 2.24) is 5.32 Å². The lowest BCUT2D eigenvalue weighted by atomic mass is 9.68. The number of carbonyl (C=O) groups excluding carboxylic acids is 1. The smallest absolute Gasteiger partial charge is 0.227 e. The van der Waals surface area contributed by atoms with Crippen molar-refractivity contribution < 1.29 is 9.18 Å². The van der Waals surface area contributed by atoms with Gasteiger partial charge in [0.05, 0.1) is 6.54 Å². The topological polar surface area (TPSA) is 32.3 Å². The summed E-state index contributed by atoms with van der Waals surface area (Å²) in [7, 11) is 0. The predicted molar refractivity (Wildman–Crippen MR) is 73.2 cm³/mol. The number of para-hydroxylation sites is 1. The third kappa shape index (κ3) is 2.04. The summed E-state index contributed by atoms with van der Waals surface area (Å²) in [4.78, 5) is 14.0. The van der Waals surface area contributed by atoms with E-state index >= 15 is 0 Å². The van der Waals surface area contributed by atoms with Crippen molar-refractivity contribution in [2.75, 3.05) is 31.2 Å². The molecule has 0 saturated carbocycles. The van der Waals surface area contributed by atoms with Crippen LogP contribution in [0, 0.1) is 0 Å². The molecule has 1 N–H and O–H groups in total. The van der Waals surface area contributed by atoms with E-state index in [1.165, 1.54) is 5.56 Å². The van der Waals surface area contributed by atoms with Crippen molar-refractivity contribution >= 4 is 11.6 Å². The van der Waals surface area contributed by atoms with E-state index in [1.54, 1.807) is 4.90 Å². The van der Waals surface area contributed by atoms with E-state index in [9.17, 15) is 9.18 Å². The summed E-state index contributed by atoms with van der Waals surface area (Å²) in [6.45, 7) is 1.58. The second-order valence-corrected chi connectivity index (χ2v) is 5.46. The minimum absolute atomic E-state index is 0.0360. The molecule has 3 rings (SSSR count). The molecule has 19 heavy (non-hydrogen) atoms. The van der Waals surface area contributed by atoms with Crippen LogP contribution < -0.4 is 10.2 Å². The van der Waals surface area contributed by atoms with Crippen molar-refractivity contribution in [2.45, 2.75) is 24.7 Å². The standard InChI is InChI=1S/C15H19FN2O/c16-7-10-18-13-4-2-1-3-12(13)15(11-14(18)19)5-8-17-9-6-15/h1-4,17H,5-11H2. The van der Waals surface area contributed by atoms with Gasteiger partial charge in [-0.15, -0.1) is 0 Å². The Kier molecular flexibility index (Phi) is 3.27. The average Bonchev–Trinajstić information content (AvgIpc) is 2.45. The van der Waals surface area contributed by atoms with Crippen molar-refractivity contribution in [3.63, 3.8) is 0 Å². The molecule has 1 saturated heterocycles. The Morgan fingerprint density at radius 2 is 2.00 bits per heavy atom. The van der Waals surface area contributed by atoms with Crippen molar-refractivity contribution in [2.24, 2.45) is 0 Å². The van der Waals surface area contributed by atoms with Crippen LogP contribution in [0.2, 0.25) is 0 Å². The van der Waals surface area contributed by atoms with Gasteiger partial charge < -0.3 is 10.2 Å². The highest BCUT2D eigenvalue weighted by atomic mass is 19.1. The SMILES string of the molecule is O=C1CC2(CCNCC2)c2ccccc2N1CCF. The summed E-state index contributed by atoms with van der Waals surface area (Å²) >= 11 is 0. The van der Waals surface area contributed by atoms with Gasteiger partial charge in [0, 0.05) is 17.5 Å². The molecular weight excluding hydrogens is 243 g/mol. The van der Waals surface area contributed by atoms with E-state index in [1.807, 2.05) is 18.2 Å². The molecule has 0 aliphatic carbocycles. The summed E-state index contributed by atoms with van der Waals surface area (Å²) in [5, 5.41) is 3.35. The number of benzene rings is 1. The Labute approximate surface area is 112 Å². The van der Waals surface area contributed by atoms with Crippen LogP contribution in [0.3, 0.4) is 0 Å². The maximum absolute atomic E-state index is 12.7. The Hall–Kier alpha value is -1.42. The molecule has 2 aliphatic rings. The van der Waals surface area contributed by atoms with Gasteiger partial charge in [0.2, 0.25) is 5.91 Å². The molecule has 0 atom stereocenters. The lowest BCUT2D eigenvalue weighted by Crippen LogP contribution is -2.49. The van der Waals surface area contributed by atoms with Crippen LogP contribution >= 0.6 is 0 Å². The van der Waals surface area contributed by atoms with Crippen LogP contribution in [-0.2, 0) is 10.2 Å². The fraction of sp³-hybridized carbons (Fsp3) is 0.533. The lowest BCUT2D eigenvalue weighted by Gasteiger charge is -2.45. The number of piperidine rings is 1. The normalized spacial score (nSPS) is 21.5. The third-order valence-corrected chi connectivity index (χ3v) is 4.43. The largest absolute Gasteiger partial charge is 0.317 e. The van der Waals surface area contributed by atoms with E-state index in [4.69, 9.17) is 0 Å². The highest BCUT2D eigenvalue weighted by molar-refractivity contribution is 5.98. The first-order valence-electron chi connectivity index (χ1n) is 6.93. The molecule has 4 heteroatoms. The molecule has 0 unspecified atom stereocenters. The summed E-state index contributed by atoms with van der Waals surface area (Å²) < 4.78 is 12.7. The molecule has 102 valence electrons. The number of nitrogens with zero attached hydrogens (tertiary/aromatic N) is 1. The van der Waals surface area contributed by atoms with Crippen LogP contribution in [0.15, 0.2) is 24.3 Å². The van der Waals surface area contributed by atoms with Gasteiger partial charge in [0.1, 0.15) is 6.67 Å². The molecule has 2 aliphatic heterocycles. The Morgan fingerprint density at radius 3 is 2.74 bits per heavy atom. The number of hydrogen-bond acceptors (Lipinski definition) is 2. The fourth-order valence-corrected chi connectivity index (χ4v) is 3.45. The first kappa shape index (κ1) is 12.6. The number of carbonyl (C=O) groups is 1. The zero-order chi connectivity index (χ0) is 13.3. The third-order valence-electron chi connectivity index (χ3n) is 4.43. The average molecular weight is 262 g/mol. The molecule has 0 radical (unpaired) electrons. The van der Waals surface area contributed by atoms with Gasteiger partial charge in [0.25, 0.3) is 0 Å². The van der Waals surface area contributed by atoms with Gasteiger partial charge >= 0.3 is 0 Å². The second kappa shape index (κ2) is 4.93.